The number of hydrogen-bond acceptors (Lipinski definition) is 7. The van der Waals surface area contributed by atoms with Crippen molar-refractivity contribution < 1.29 is 32.3 Å². The summed E-state index contributed by atoms with van der Waals surface area (Å²) in [5, 5.41) is 2.57. The lowest BCUT2D eigenvalue weighted by Crippen LogP contribution is -2.55. The van der Waals surface area contributed by atoms with Crippen LogP contribution >= 0.6 is 0 Å². The maximum Gasteiger partial charge on any atom is 0.341 e. The van der Waals surface area contributed by atoms with Gasteiger partial charge in [0.1, 0.15) is 17.9 Å². The minimum atomic E-state index is -4.02. The minimum absolute atomic E-state index is 0.00465. The Morgan fingerprint density at radius 2 is 1.96 bits per heavy atom. The van der Waals surface area contributed by atoms with E-state index in [4.69, 9.17) is 9.47 Å². The van der Waals surface area contributed by atoms with Gasteiger partial charge in [0.05, 0.1) is 25.2 Å². The SMILES string of the molecule is CCOC(=O)c1ccc(N(C(=O)N2CCNC(=O)C2)S(C)(=O)=O)cc1OCC. The zero-order chi connectivity index (χ0) is 20.9. The molecule has 154 valence electrons. The third-order valence-electron chi connectivity index (χ3n) is 3.81. The van der Waals surface area contributed by atoms with Crippen LogP contribution in [0.3, 0.4) is 0 Å². The largest absolute Gasteiger partial charge is 0.493 e. The van der Waals surface area contributed by atoms with E-state index in [1.54, 1.807) is 13.8 Å². The lowest BCUT2D eigenvalue weighted by Gasteiger charge is -2.31. The summed E-state index contributed by atoms with van der Waals surface area (Å²) in [6, 6.07) is 3.09. The van der Waals surface area contributed by atoms with Gasteiger partial charge in [-0.1, -0.05) is 0 Å². The van der Waals surface area contributed by atoms with Crippen LogP contribution in [0, 0.1) is 0 Å². The van der Waals surface area contributed by atoms with Crippen molar-refractivity contribution in [1.29, 1.82) is 0 Å². The Labute approximate surface area is 163 Å². The molecule has 1 fully saturated rings. The van der Waals surface area contributed by atoms with E-state index in [2.05, 4.69) is 5.32 Å². The molecule has 0 bridgehead atoms. The van der Waals surface area contributed by atoms with Crippen LogP contribution in [0.25, 0.3) is 0 Å². The van der Waals surface area contributed by atoms with Crippen molar-refractivity contribution in [3.05, 3.63) is 23.8 Å². The number of esters is 1. The summed E-state index contributed by atoms with van der Waals surface area (Å²) in [6.45, 7) is 3.90. The first kappa shape index (κ1) is 21.5. The molecule has 1 aliphatic heterocycles. The third kappa shape index (κ3) is 4.91. The standard InChI is InChI=1S/C17H23N3O7S/c1-4-26-14-10-12(6-7-13(14)16(22)27-5-2)20(28(3,24)25)17(23)19-9-8-18-15(21)11-19/h6-7,10H,4-5,8-9,11H2,1-3H3,(H,18,21). The van der Waals surface area contributed by atoms with E-state index in [9.17, 15) is 22.8 Å². The van der Waals surface area contributed by atoms with E-state index in [-0.39, 0.29) is 55.8 Å². The number of ether oxygens (including phenoxy) is 2. The Morgan fingerprint density at radius 1 is 1.25 bits per heavy atom. The highest BCUT2D eigenvalue weighted by atomic mass is 32.2. The summed E-state index contributed by atoms with van der Waals surface area (Å²) in [7, 11) is -4.02. The molecular formula is C17H23N3O7S. The fourth-order valence-corrected chi connectivity index (χ4v) is 3.56. The van der Waals surface area contributed by atoms with E-state index in [1.165, 1.54) is 18.2 Å². The number of carbonyl (C=O) groups is 3. The number of amides is 3. The highest BCUT2D eigenvalue weighted by Gasteiger charge is 2.33. The maximum atomic E-state index is 12.8. The molecule has 11 heteroatoms. The summed E-state index contributed by atoms with van der Waals surface area (Å²) in [5.41, 5.74) is 0.112. The van der Waals surface area contributed by atoms with Crippen molar-refractivity contribution in [2.75, 3.05) is 43.4 Å². The average Bonchev–Trinajstić information content (AvgIpc) is 2.61. The van der Waals surface area contributed by atoms with Gasteiger partial charge in [-0.3, -0.25) is 4.79 Å². The van der Waals surface area contributed by atoms with E-state index in [1.807, 2.05) is 0 Å². The topological polar surface area (TPSA) is 122 Å². The highest BCUT2D eigenvalue weighted by molar-refractivity contribution is 7.92. The van der Waals surface area contributed by atoms with Crippen molar-refractivity contribution in [3.63, 3.8) is 0 Å². The molecular weight excluding hydrogens is 390 g/mol. The minimum Gasteiger partial charge on any atom is -0.493 e. The predicted octanol–water partition coefficient (Wildman–Crippen LogP) is 0.580. The molecule has 1 heterocycles. The molecule has 0 saturated carbocycles. The molecule has 3 amide bonds. The Kier molecular flexibility index (Phi) is 6.84. The van der Waals surface area contributed by atoms with Crippen molar-refractivity contribution in [3.8, 4) is 5.75 Å². The number of rotatable bonds is 6. The Morgan fingerprint density at radius 3 is 2.54 bits per heavy atom. The summed E-state index contributed by atoms with van der Waals surface area (Å²) < 4.78 is 35.7. The van der Waals surface area contributed by atoms with Crippen molar-refractivity contribution in [2.24, 2.45) is 0 Å². The lowest BCUT2D eigenvalue weighted by atomic mass is 10.2. The third-order valence-corrected chi connectivity index (χ3v) is 4.84. The molecule has 0 atom stereocenters. The second-order valence-corrected chi connectivity index (χ2v) is 7.75. The molecule has 1 saturated heterocycles. The van der Waals surface area contributed by atoms with Crippen LogP contribution in [0.5, 0.6) is 5.75 Å². The van der Waals surface area contributed by atoms with Gasteiger partial charge in [-0.2, -0.15) is 4.31 Å². The zero-order valence-electron chi connectivity index (χ0n) is 15.9. The van der Waals surface area contributed by atoms with Crippen LogP contribution in [0.1, 0.15) is 24.2 Å². The summed E-state index contributed by atoms with van der Waals surface area (Å²) >= 11 is 0. The predicted molar refractivity (Wildman–Crippen MR) is 101 cm³/mol. The molecule has 1 N–H and O–H groups in total. The number of anilines is 1. The molecule has 0 radical (unpaired) electrons. The number of nitrogens with one attached hydrogen (secondary N) is 1. The second kappa shape index (κ2) is 8.91. The molecule has 0 spiro atoms. The van der Waals surface area contributed by atoms with Crippen LogP contribution in [0.4, 0.5) is 10.5 Å². The first-order valence-corrected chi connectivity index (χ1v) is 10.5. The number of urea groups is 1. The Bertz CT molecular complexity index is 870. The van der Waals surface area contributed by atoms with Crippen molar-refractivity contribution >= 4 is 33.6 Å². The Balaban J connectivity index is 2.46. The first-order valence-electron chi connectivity index (χ1n) is 8.68. The van der Waals surface area contributed by atoms with Crippen LogP contribution in [0.2, 0.25) is 0 Å². The van der Waals surface area contributed by atoms with Crippen molar-refractivity contribution in [2.45, 2.75) is 13.8 Å². The van der Waals surface area contributed by atoms with Crippen molar-refractivity contribution in [1.82, 2.24) is 10.2 Å². The van der Waals surface area contributed by atoms with Gasteiger partial charge in [-0.05, 0) is 26.0 Å². The average molecular weight is 413 g/mol. The molecule has 1 aliphatic rings. The van der Waals surface area contributed by atoms with E-state index in [0.717, 1.165) is 11.2 Å². The number of sulfonamides is 1. The number of piperazine rings is 1. The monoisotopic (exact) mass is 413 g/mol. The van der Waals surface area contributed by atoms with Gasteiger partial charge in [0.2, 0.25) is 15.9 Å². The van der Waals surface area contributed by atoms with Gasteiger partial charge < -0.3 is 19.7 Å². The number of carbonyl (C=O) groups excluding carboxylic acids is 3. The van der Waals surface area contributed by atoms with Gasteiger partial charge in [-0.15, -0.1) is 0 Å². The molecule has 1 aromatic rings. The number of benzene rings is 1. The molecule has 0 unspecified atom stereocenters. The second-order valence-electron chi connectivity index (χ2n) is 5.92. The van der Waals surface area contributed by atoms with Gasteiger partial charge in [-0.25, -0.2) is 18.0 Å². The van der Waals surface area contributed by atoms with Gasteiger partial charge >= 0.3 is 12.0 Å². The molecule has 2 rings (SSSR count). The molecule has 10 nitrogen and oxygen atoms in total. The zero-order valence-corrected chi connectivity index (χ0v) is 16.7. The van der Waals surface area contributed by atoms with Gasteiger partial charge in [0.15, 0.2) is 0 Å². The normalized spacial score (nSPS) is 14.2. The summed E-state index contributed by atoms with van der Waals surface area (Å²) in [5.74, 6) is -0.903. The fraction of sp³-hybridized carbons (Fsp3) is 0.471. The van der Waals surface area contributed by atoms with Crippen LogP contribution in [-0.4, -0.2) is 70.3 Å². The fourth-order valence-electron chi connectivity index (χ4n) is 2.66. The first-order chi connectivity index (χ1) is 13.2. The van der Waals surface area contributed by atoms with E-state index < -0.39 is 22.0 Å². The smallest absolute Gasteiger partial charge is 0.341 e. The quantitative estimate of drug-likeness (QED) is 0.677. The molecule has 0 aromatic heterocycles. The number of hydrogen-bond donors (Lipinski definition) is 1. The van der Waals surface area contributed by atoms with Crippen LogP contribution in [0.15, 0.2) is 18.2 Å². The van der Waals surface area contributed by atoms with Crippen LogP contribution in [-0.2, 0) is 19.6 Å². The van der Waals surface area contributed by atoms with E-state index >= 15 is 0 Å². The van der Waals surface area contributed by atoms with Gasteiger partial charge in [0, 0.05) is 19.2 Å². The number of nitrogens with zero attached hydrogens (tertiary/aromatic N) is 2. The van der Waals surface area contributed by atoms with E-state index in [0.29, 0.717) is 4.31 Å². The van der Waals surface area contributed by atoms with Crippen LogP contribution < -0.4 is 14.4 Å². The maximum absolute atomic E-state index is 12.8. The van der Waals surface area contributed by atoms with Gasteiger partial charge in [0.25, 0.3) is 0 Å². The summed E-state index contributed by atoms with van der Waals surface area (Å²) in [4.78, 5) is 37.6. The summed E-state index contributed by atoms with van der Waals surface area (Å²) in [6.07, 6.45) is 0.883. The Hall–Kier alpha value is -2.82. The molecule has 0 aliphatic carbocycles. The molecule has 28 heavy (non-hydrogen) atoms. The lowest BCUT2D eigenvalue weighted by molar-refractivity contribution is -0.123. The highest BCUT2D eigenvalue weighted by Crippen LogP contribution is 2.29. The molecule has 1 aromatic carbocycles.